The van der Waals surface area contributed by atoms with Crippen molar-refractivity contribution >= 4 is 0 Å². The number of hydrogen-bond donors (Lipinski definition) is 0. The fraction of sp³-hybridized carbons (Fsp3) is 0.875. The molecule has 1 fully saturated rings. The summed E-state index contributed by atoms with van der Waals surface area (Å²) in [5.41, 5.74) is 0.491. The Bertz CT molecular complexity index is 209. The molecule has 16 heavy (non-hydrogen) atoms. The van der Waals surface area contributed by atoms with Crippen LogP contribution in [0.4, 0.5) is 0 Å². The van der Waals surface area contributed by atoms with Crippen molar-refractivity contribution in [1.82, 2.24) is 0 Å². The molecule has 0 amide bonds. The van der Waals surface area contributed by atoms with Gasteiger partial charge in [-0.05, 0) is 42.4 Å². The summed E-state index contributed by atoms with van der Waals surface area (Å²) < 4.78 is 0. The highest BCUT2D eigenvalue weighted by Crippen LogP contribution is 2.45. The first-order valence-corrected chi connectivity index (χ1v) is 7.09. The van der Waals surface area contributed by atoms with Gasteiger partial charge in [-0.2, -0.15) is 0 Å². The molecule has 0 aromatic heterocycles. The molecule has 0 N–H and O–H groups in total. The van der Waals surface area contributed by atoms with Crippen molar-refractivity contribution in [2.45, 2.75) is 66.2 Å². The van der Waals surface area contributed by atoms with Crippen LogP contribution >= 0.6 is 0 Å². The van der Waals surface area contributed by atoms with E-state index < -0.39 is 0 Å². The number of allylic oxidation sites excluding steroid dienone is 1. The zero-order valence-electron chi connectivity index (χ0n) is 11.8. The standard InChI is InChI=1S/C16H30/c1-6-8-9-14-10-13(7-2)11-15(14)12-16(3,4)5/h7,13-15H,2,6,8-12H2,1,3-5H3. The minimum atomic E-state index is 0.491. The molecule has 0 nitrogen and oxygen atoms in total. The van der Waals surface area contributed by atoms with Crippen LogP contribution in [-0.4, -0.2) is 0 Å². The average molecular weight is 222 g/mol. The van der Waals surface area contributed by atoms with Crippen LogP contribution in [0.1, 0.15) is 66.2 Å². The van der Waals surface area contributed by atoms with Gasteiger partial charge in [-0.3, -0.25) is 0 Å². The first-order chi connectivity index (χ1) is 7.46. The third-order valence-corrected chi connectivity index (χ3v) is 4.01. The van der Waals surface area contributed by atoms with Crippen molar-refractivity contribution in [3.05, 3.63) is 12.7 Å². The van der Waals surface area contributed by atoms with E-state index in [1.807, 2.05) is 0 Å². The smallest absolute Gasteiger partial charge is 0.0231 e. The van der Waals surface area contributed by atoms with Gasteiger partial charge in [0.2, 0.25) is 0 Å². The molecule has 1 rings (SSSR count). The average Bonchev–Trinajstić information content (AvgIpc) is 2.55. The summed E-state index contributed by atoms with van der Waals surface area (Å²) in [6.45, 7) is 13.4. The normalized spacial score (nSPS) is 30.6. The van der Waals surface area contributed by atoms with Crippen LogP contribution < -0.4 is 0 Å². The Balaban J connectivity index is 2.53. The van der Waals surface area contributed by atoms with Crippen LogP contribution in [0.2, 0.25) is 0 Å². The highest BCUT2D eigenvalue weighted by Gasteiger charge is 2.34. The Morgan fingerprint density at radius 3 is 2.31 bits per heavy atom. The zero-order valence-corrected chi connectivity index (χ0v) is 11.8. The fourth-order valence-corrected chi connectivity index (χ4v) is 3.31. The SMILES string of the molecule is C=CC1CC(CCCC)C(CC(C)(C)C)C1. The van der Waals surface area contributed by atoms with Gasteiger partial charge in [0.25, 0.3) is 0 Å². The Morgan fingerprint density at radius 1 is 1.19 bits per heavy atom. The quantitative estimate of drug-likeness (QED) is 0.543. The van der Waals surface area contributed by atoms with Crippen LogP contribution in [0.15, 0.2) is 12.7 Å². The summed E-state index contributed by atoms with van der Waals surface area (Å²) in [6, 6.07) is 0. The van der Waals surface area contributed by atoms with E-state index in [1.165, 1.54) is 38.5 Å². The molecule has 94 valence electrons. The number of unbranched alkanes of at least 4 members (excludes halogenated alkanes) is 1. The maximum Gasteiger partial charge on any atom is -0.0231 e. The molecular formula is C16H30. The summed E-state index contributed by atoms with van der Waals surface area (Å²) in [6.07, 6.45) is 10.6. The Hall–Kier alpha value is -0.260. The minimum Gasteiger partial charge on any atom is -0.103 e. The maximum atomic E-state index is 3.99. The lowest BCUT2D eigenvalue weighted by atomic mass is 9.78. The highest BCUT2D eigenvalue weighted by atomic mass is 14.4. The molecule has 3 unspecified atom stereocenters. The predicted molar refractivity (Wildman–Crippen MR) is 73.5 cm³/mol. The van der Waals surface area contributed by atoms with Crippen molar-refractivity contribution in [1.29, 1.82) is 0 Å². The van der Waals surface area contributed by atoms with E-state index in [0.29, 0.717) is 5.41 Å². The summed E-state index contributed by atoms with van der Waals surface area (Å²) in [5.74, 6) is 2.73. The molecule has 1 aliphatic rings. The third-order valence-electron chi connectivity index (χ3n) is 4.01. The van der Waals surface area contributed by atoms with Crippen LogP contribution in [0.25, 0.3) is 0 Å². The minimum absolute atomic E-state index is 0.491. The van der Waals surface area contributed by atoms with Crippen molar-refractivity contribution in [2.24, 2.45) is 23.2 Å². The first kappa shape index (κ1) is 13.8. The van der Waals surface area contributed by atoms with Gasteiger partial charge in [-0.25, -0.2) is 0 Å². The molecular weight excluding hydrogens is 192 g/mol. The molecule has 0 heteroatoms. The first-order valence-electron chi connectivity index (χ1n) is 7.09. The van der Waals surface area contributed by atoms with E-state index in [-0.39, 0.29) is 0 Å². The third kappa shape index (κ3) is 4.31. The number of rotatable bonds is 5. The molecule has 0 aliphatic heterocycles. The van der Waals surface area contributed by atoms with Crippen LogP contribution in [0, 0.1) is 23.2 Å². The van der Waals surface area contributed by atoms with Gasteiger partial charge in [0, 0.05) is 0 Å². The highest BCUT2D eigenvalue weighted by molar-refractivity contribution is 4.92. The van der Waals surface area contributed by atoms with Gasteiger partial charge in [0.05, 0.1) is 0 Å². The van der Waals surface area contributed by atoms with Crippen molar-refractivity contribution in [2.75, 3.05) is 0 Å². The van der Waals surface area contributed by atoms with E-state index in [2.05, 4.69) is 40.3 Å². The molecule has 1 saturated carbocycles. The molecule has 0 aromatic rings. The summed E-state index contributed by atoms with van der Waals surface area (Å²) in [5, 5.41) is 0. The van der Waals surface area contributed by atoms with Crippen molar-refractivity contribution in [3.8, 4) is 0 Å². The van der Waals surface area contributed by atoms with Gasteiger partial charge < -0.3 is 0 Å². The molecule has 0 heterocycles. The van der Waals surface area contributed by atoms with Crippen LogP contribution in [0.3, 0.4) is 0 Å². The van der Waals surface area contributed by atoms with Gasteiger partial charge in [0.15, 0.2) is 0 Å². The molecule has 1 aliphatic carbocycles. The van der Waals surface area contributed by atoms with E-state index >= 15 is 0 Å². The Kier molecular flexibility index (Phi) is 5.08. The molecule has 0 bridgehead atoms. The lowest BCUT2D eigenvalue weighted by Gasteiger charge is -2.27. The monoisotopic (exact) mass is 222 g/mol. The Morgan fingerprint density at radius 2 is 1.81 bits per heavy atom. The zero-order chi connectivity index (χ0) is 12.2. The van der Waals surface area contributed by atoms with Crippen molar-refractivity contribution in [3.63, 3.8) is 0 Å². The maximum absolute atomic E-state index is 3.99. The fourth-order valence-electron chi connectivity index (χ4n) is 3.31. The lowest BCUT2D eigenvalue weighted by Crippen LogP contribution is -2.16. The van der Waals surface area contributed by atoms with Gasteiger partial charge in [-0.1, -0.05) is 53.0 Å². The Labute approximate surface area is 103 Å². The summed E-state index contributed by atoms with van der Waals surface area (Å²) in [7, 11) is 0. The second-order valence-corrected chi connectivity index (χ2v) is 6.89. The topological polar surface area (TPSA) is 0 Å². The van der Waals surface area contributed by atoms with Gasteiger partial charge >= 0.3 is 0 Å². The van der Waals surface area contributed by atoms with Gasteiger partial charge in [-0.15, -0.1) is 6.58 Å². The summed E-state index contributed by atoms with van der Waals surface area (Å²) in [4.78, 5) is 0. The van der Waals surface area contributed by atoms with Crippen LogP contribution in [-0.2, 0) is 0 Å². The van der Waals surface area contributed by atoms with E-state index in [0.717, 1.165) is 17.8 Å². The molecule has 0 radical (unpaired) electrons. The molecule has 3 atom stereocenters. The largest absolute Gasteiger partial charge is 0.103 e. The van der Waals surface area contributed by atoms with Crippen molar-refractivity contribution < 1.29 is 0 Å². The lowest BCUT2D eigenvalue weighted by molar-refractivity contribution is 0.237. The van der Waals surface area contributed by atoms with E-state index in [4.69, 9.17) is 0 Å². The second kappa shape index (κ2) is 5.89. The second-order valence-electron chi connectivity index (χ2n) is 6.89. The molecule has 0 spiro atoms. The van der Waals surface area contributed by atoms with E-state index in [1.54, 1.807) is 0 Å². The summed E-state index contributed by atoms with van der Waals surface area (Å²) >= 11 is 0. The molecule has 0 saturated heterocycles. The molecule has 0 aromatic carbocycles. The van der Waals surface area contributed by atoms with Gasteiger partial charge in [0.1, 0.15) is 0 Å². The predicted octanol–water partition coefficient (Wildman–Crippen LogP) is 5.44. The van der Waals surface area contributed by atoms with E-state index in [9.17, 15) is 0 Å². The number of hydrogen-bond acceptors (Lipinski definition) is 0. The van der Waals surface area contributed by atoms with Crippen LogP contribution in [0.5, 0.6) is 0 Å².